The Hall–Kier alpha value is -3.41. The van der Waals surface area contributed by atoms with Crippen molar-refractivity contribution in [3.8, 4) is 0 Å². The number of nitrogens with zero attached hydrogens (tertiary/aromatic N) is 1. The summed E-state index contributed by atoms with van der Waals surface area (Å²) in [6, 6.07) is 15.7. The molecule has 0 aliphatic carbocycles. The highest BCUT2D eigenvalue weighted by Crippen LogP contribution is 2.14. The topological polar surface area (TPSA) is 79.6 Å². The molecule has 0 unspecified atom stereocenters. The number of hydrogen-bond acceptors (Lipinski definition) is 5. The van der Waals surface area contributed by atoms with E-state index in [1.54, 1.807) is 62.6 Å². The number of carbonyl (C=O) groups excluding carboxylic acids is 2. The molecular formula is C21H20N2O4. The van der Waals surface area contributed by atoms with E-state index in [0.29, 0.717) is 17.7 Å². The molecule has 0 radical (unpaired) electrons. The normalized spacial score (nSPS) is 10.6. The van der Waals surface area contributed by atoms with Gasteiger partial charge >= 0.3 is 5.63 Å². The standard InChI is InChI=1S/C21H20N2O4/c1-23(2)20(25)14-7-9-16(10-8-14)22-12-11-18(24)17-13-15-5-3-4-6-19(15)27-21(17)26/h3-10,13,22H,11-12H2,1-2H3. The third kappa shape index (κ3) is 4.23. The zero-order chi connectivity index (χ0) is 19.4. The van der Waals surface area contributed by atoms with Crippen molar-refractivity contribution in [3.05, 3.63) is 76.1 Å². The van der Waals surface area contributed by atoms with Gasteiger partial charge in [-0.25, -0.2) is 4.79 Å². The van der Waals surface area contributed by atoms with E-state index in [0.717, 1.165) is 11.1 Å². The zero-order valence-corrected chi connectivity index (χ0v) is 15.2. The Morgan fingerprint density at radius 2 is 1.74 bits per heavy atom. The summed E-state index contributed by atoms with van der Waals surface area (Å²) in [6.07, 6.45) is 0.154. The van der Waals surface area contributed by atoms with Gasteiger partial charge in [-0.15, -0.1) is 0 Å². The van der Waals surface area contributed by atoms with E-state index in [1.807, 2.05) is 6.07 Å². The lowest BCUT2D eigenvalue weighted by Gasteiger charge is -2.11. The molecule has 6 nitrogen and oxygen atoms in total. The maximum atomic E-state index is 12.4. The van der Waals surface area contributed by atoms with Crippen LogP contribution in [-0.4, -0.2) is 37.2 Å². The highest BCUT2D eigenvalue weighted by Gasteiger charge is 2.13. The molecule has 0 spiro atoms. The van der Waals surface area contributed by atoms with Crippen LogP contribution in [0.15, 0.2) is 63.8 Å². The Bertz CT molecular complexity index is 1040. The van der Waals surface area contributed by atoms with Crippen LogP contribution in [-0.2, 0) is 0 Å². The van der Waals surface area contributed by atoms with E-state index in [2.05, 4.69) is 5.32 Å². The molecule has 3 aromatic rings. The van der Waals surface area contributed by atoms with Gasteiger partial charge in [-0.05, 0) is 36.4 Å². The van der Waals surface area contributed by atoms with Crippen LogP contribution >= 0.6 is 0 Å². The average molecular weight is 364 g/mol. The quantitative estimate of drug-likeness (QED) is 0.537. The Labute approximate surface area is 156 Å². The van der Waals surface area contributed by atoms with Crippen LogP contribution in [0.5, 0.6) is 0 Å². The van der Waals surface area contributed by atoms with Crippen LogP contribution in [0, 0.1) is 0 Å². The molecule has 1 amide bonds. The van der Waals surface area contributed by atoms with Crippen molar-refractivity contribution in [2.24, 2.45) is 0 Å². The van der Waals surface area contributed by atoms with Gasteiger partial charge in [0.05, 0.1) is 0 Å². The third-order valence-electron chi connectivity index (χ3n) is 4.16. The van der Waals surface area contributed by atoms with E-state index in [-0.39, 0.29) is 23.7 Å². The van der Waals surface area contributed by atoms with Gasteiger partial charge in [0.2, 0.25) is 0 Å². The van der Waals surface area contributed by atoms with Gasteiger partial charge < -0.3 is 14.6 Å². The van der Waals surface area contributed by atoms with E-state index < -0.39 is 5.63 Å². The van der Waals surface area contributed by atoms with Gasteiger partial charge in [0.15, 0.2) is 5.78 Å². The second-order valence-electron chi connectivity index (χ2n) is 6.36. The second kappa shape index (κ2) is 7.86. The number of amides is 1. The molecule has 138 valence electrons. The van der Waals surface area contributed by atoms with Crippen molar-refractivity contribution < 1.29 is 14.0 Å². The smallest absolute Gasteiger partial charge is 0.347 e. The van der Waals surface area contributed by atoms with Crippen LogP contribution in [0.25, 0.3) is 11.0 Å². The predicted octanol–water partition coefficient (Wildman–Crippen LogP) is 3.18. The maximum Gasteiger partial charge on any atom is 0.347 e. The highest BCUT2D eigenvalue weighted by molar-refractivity contribution is 5.98. The molecule has 0 fully saturated rings. The molecule has 0 bridgehead atoms. The minimum Gasteiger partial charge on any atom is -0.422 e. The molecule has 27 heavy (non-hydrogen) atoms. The number of carbonyl (C=O) groups is 2. The number of nitrogens with one attached hydrogen (secondary N) is 1. The molecule has 1 heterocycles. The van der Waals surface area contributed by atoms with Crippen LogP contribution in [0.3, 0.4) is 0 Å². The molecule has 1 aromatic heterocycles. The number of fused-ring (bicyclic) bond motifs is 1. The van der Waals surface area contributed by atoms with Crippen molar-refractivity contribution in [3.63, 3.8) is 0 Å². The molecule has 2 aromatic carbocycles. The Balaban J connectivity index is 1.62. The monoisotopic (exact) mass is 364 g/mol. The predicted molar refractivity (Wildman–Crippen MR) is 104 cm³/mol. The first-order chi connectivity index (χ1) is 13.0. The summed E-state index contributed by atoms with van der Waals surface area (Å²) in [5, 5.41) is 3.84. The Morgan fingerprint density at radius 3 is 2.44 bits per heavy atom. The van der Waals surface area contributed by atoms with Crippen molar-refractivity contribution in [1.82, 2.24) is 4.90 Å². The fraction of sp³-hybridized carbons (Fsp3) is 0.190. The summed E-state index contributed by atoms with van der Waals surface area (Å²) in [6.45, 7) is 0.367. The van der Waals surface area contributed by atoms with Gasteiger partial charge in [-0.1, -0.05) is 18.2 Å². The number of ketones is 1. The molecule has 0 atom stereocenters. The van der Waals surface area contributed by atoms with Crippen LogP contribution in [0.1, 0.15) is 27.1 Å². The Morgan fingerprint density at radius 1 is 1.04 bits per heavy atom. The van der Waals surface area contributed by atoms with Gasteiger partial charge in [-0.2, -0.15) is 0 Å². The average Bonchev–Trinajstić information content (AvgIpc) is 2.67. The minimum atomic E-state index is -0.620. The number of para-hydroxylation sites is 1. The summed E-state index contributed by atoms with van der Waals surface area (Å²) < 4.78 is 5.20. The SMILES string of the molecule is CN(C)C(=O)c1ccc(NCCC(=O)c2cc3ccccc3oc2=O)cc1. The summed E-state index contributed by atoms with van der Waals surface area (Å²) in [5.74, 6) is -0.346. The number of hydrogen-bond donors (Lipinski definition) is 1. The van der Waals surface area contributed by atoms with E-state index >= 15 is 0 Å². The molecule has 0 saturated carbocycles. The second-order valence-corrected chi connectivity index (χ2v) is 6.36. The van der Waals surface area contributed by atoms with Crippen LogP contribution < -0.4 is 10.9 Å². The lowest BCUT2D eigenvalue weighted by molar-refractivity contribution is 0.0827. The van der Waals surface area contributed by atoms with Gasteiger partial charge in [0.1, 0.15) is 11.1 Å². The first-order valence-corrected chi connectivity index (χ1v) is 8.57. The number of benzene rings is 2. The van der Waals surface area contributed by atoms with E-state index in [9.17, 15) is 14.4 Å². The van der Waals surface area contributed by atoms with E-state index in [1.165, 1.54) is 4.90 Å². The zero-order valence-electron chi connectivity index (χ0n) is 15.2. The largest absolute Gasteiger partial charge is 0.422 e. The summed E-state index contributed by atoms with van der Waals surface area (Å²) in [4.78, 5) is 37.8. The molecular weight excluding hydrogens is 344 g/mol. The maximum absolute atomic E-state index is 12.4. The fourth-order valence-corrected chi connectivity index (χ4v) is 2.70. The first kappa shape index (κ1) is 18.4. The molecule has 0 saturated heterocycles. The summed E-state index contributed by atoms with van der Waals surface area (Å²) in [7, 11) is 3.40. The summed E-state index contributed by atoms with van der Waals surface area (Å²) in [5.41, 5.74) is 1.29. The number of anilines is 1. The van der Waals surface area contributed by atoms with Crippen molar-refractivity contribution in [2.45, 2.75) is 6.42 Å². The van der Waals surface area contributed by atoms with Crippen molar-refractivity contribution in [2.75, 3.05) is 26.0 Å². The van der Waals surface area contributed by atoms with Crippen molar-refractivity contribution in [1.29, 1.82) is 0 Å². The first-order valence-electron chi connectivity index (χ1n) is 8.57. The molecule has 3 rings (SSSR count). The third-order valence-corrected chi connectivity index (χ3v) is 4.16. The van der Waals surface area contributed by atoms with E-state index in [4.69, 9.17) is 4.42 Å². The number of Topliss-reactive ketones (excluding diaryl/α,β-unsaturated/α-hetero) is 1. The highest BCUT2D eigenvalue weighted by atomic mass is 16.4. The van der Waals surface area contributed by atoms with Gasteiger partial charge in [0.25, 0.3) is 5.91 Å². The Kier molecular flexibility index (Phi) is 5.35. The minimum absolute atomic E-state index is 0.0578. The molecule has 1 N–H and O–H groups in total. The summed E-state index contributed by atoms with van der Waals surface area (Å²) >= 11 is 0. The lowest BCUT2D eigenvalue weighted by atomic mass is 10.1. The van der Waals surface area contributed by atoms with Gasteiger partial charge in [-0.3, -0.25) is 9.59 Å². The fourth-order valence-electron chi connectivity index (χ4n) is 2.70. The molecule has 6 heteroatoms. The van der Waals surface area contributed by atoms with Crippen molar-refractivity contribution >= 4 is 28.3 Å². The molecule has 0 aliphatic rings. The van der Waals surface area contributed by atoms with Crippen LogP contribution in [0.2, 0.25) is 0 Å². The van der Waals surface area contributed by atoms with Gasteiger partial charge in [0, 0.05) is 43.7 Å². The lowest BCUT2D eigenvalue weighted by Crippen LogP contribution is -2.21. The van der Waals surface area contributed by atoms with Crippen LogP contribution in [0.4, 0.5) is 5.69 Å². The number of rotatable bonds is 6. The molecule has 0 aliphatic heterocycles.